The zero-order chi connectivity index (χ0) is 46.6. The van der Waals surface area contributed by atoms with Crippen molar-refractivity contribution in [1.82, 2.24) is 0 Å². The van der Waals surface area contributed by atoms with Crippen LogP contribution in [0, 0.1) is 0 Å². The number of nitrogens with two attached hydrogens (primary N) is 1. The van der Waals surface area contributed by atoms with Gasteiger partial charge in [-0.15, -0.1) is 0 Å². The molecule has 0 aliphatic rings. The summed E-state index contributed by atoms with van der Waals surface area (Å²) in [4.78, 5) is 76.2. The Morgan fingerprint density at radius 2 is 0.917 bits per heavy atom. The van der Waals surface area contributed by atoms with Crippen molar-refractivity contribution in [3.05, 3.63) is 70.8 Å². The summed E-state index contributed by atoms with van der Waals surface area (Å²) >= 11 is 0. The first-order valence-electron chi connectivity index (χ1n) is 18.1. The standard InChI is InChI=1S/C15H20O4.C10H18O5.C9H11NO2.C6H12O3.CH2O3.Na/c1-15(2,3)19-13(16)6-4-5-11-7-9-12(10-8-11)14(17)18;1-9(2,3)14-7(11)13-8(12)15-10(4,5)6;10-6-5-7-1-3-8(4-2-7)9(11)12;1-6(2,3)9-5(8)4-7;2-1-4-3;/h7-10H,4-6H2,1-3H3,(H,17,18);1-6H3;1-4H,5-6,10H2,(H,11,12);7H,4H2,1-3H3;1,3H;/q;;;;;+1/p-1. The molecule has 0 saturated carbocycles. The second-order valence-electron chi connectivity index (χ2n) is 16.0. The SMILES string of the molecule is CC(C)(C)OC(=O)CCCc1ccc(C(=O)O)cc1.CC(C)(C)OC(=O)CO.CC(C)(C)OC(=O)OC(=O)OC(C)(C)C.NCCc1ccc(C(=O)O)cc1.O=CO[O-].[Na+]. The number of benzene rings is 2. The van der Waals surface area contributed by atoms with Crippen LogP contribution in [0.3, 0.4) is 0 Å². The summed E-state index contributed by atoms with van der Waals surface area (Å²) in [5, 5.41) is 34.0. The quantitative estimate of drug-likeness (QED) is 0.0508. The second-order valence-corrected chi connectivity index (χ2v) is 16.0. The number of aliphatic hydroxyl groups excluding tert-OH is 1. The Morgan fingerprint density at radius 1 is 0.600 bits per heavy atom. The number of hydrogen-bond donors (Lipinski definition) is 4. The molecule has 2 aromatic carbocycles. The van der Waals surface area contributed by atoms with E-state index in [2.05, 4.69) is 9.62 Å². The van der Waals surface area contributed by atoms with Crippen LogP contribution in [0.5, 0.6) is 0 Å². The van der Waals surface area contributed by atoms with Gasteiger partial charge in [0.15, 0.2) is 0 Å². The topological polar surface area (TPSA) is 285 Å². The van der Waals surface area contributed by atoms with Crippen molar-refractivity contribution in [2.24, 2.45) is 5.73 Å². The molecular weight excluding hydrogens is 801 g/mol. The van der Waals surface area contributed by atoms with Gasteiger partial charge in [-0.1, -0.05) is 24.3 Å². The van der Waals surface area contributed by atoms with E-state index in [1.165, 1.54) is 0 Å². The van der Waals surface area contributed by atoms with Gasteiger partial charge in [0.05, 0.1) is 11.1 Å². The Bertz CT molecular complexity index is 1540. The molecule has 0 atom stereocenters. The summed E-state index contributed by atoms with van der Waals surface area (Å²) in [6.45, 7) is 20.7. The molecule has 60 heavy (non-hydrogen) atoms. The minimum absolute atomic E-state index is 0. The molecule has 0 aliphatic carbocycles. The van der Waals surface area contributed by atoms with E-state index in [-0.39, 0.29) is 47.6 Å². The fourth-order valence-corrected chi connectivity index (χ4v) is 3.61. The molecule has 0 spiro atoms. The molecule has 19 heteroatoms. The minimum atomic E-state index is -1.06. The molecule has 0 amide bonds. The average Bonchev–Trinajstić information content (AvgIpc) is 3.06. The number of hydrogen-bond acceptors (Lipinski definition) is 16. The van der Waals surface area contributed by atoms with E-state index in [9.17, 15) is 28.8 Å². The van der Waals surface area contributed by atoms with Gasteiger partial charge in [-0.05, 0) is 144 Å². The maximum Gasteiger partial charge on any atom is 1.00 e. The third-order valence-electron chi connectivity index (χ3n) is 5.64. The Labute approximate surface area is 374 Å². The number of aromatic carboxylic acids is 2. The third-order valence-corrected chi connectivity index (χ3v) is 5.64. The van der Waals surface area contributed by atoms with Crippen LogP contribution in [-0.2, 0) is 55.8 Å². The van der Waals surface area contributed by atoms with E-state index in [1.807, 2.05) is 20.8 Å². The zero-order valence-corrected chi connectivity index (χ0v) is 39.1. The number of aliphatic hydroxyl groups is 1. The molecule has 0 radical (unpaired) electrons. The predicted octanol–water partition coefficient (Wildman–Crippen LogP) is 2.57. The fourth-order valence-electron chi connectivity index (χ4n) is 3.61. The number of aryl methyl sites for hydroxylation is 1. The minimum Gasteiger partial charge on any atom is -0.662 e. The van der Waals surface area contributed by atoms with Crippen LogP contribution in [-0.4, -0.2) is 93.5 Å². The third kappa shape index (κ3) is 41.6. The Morgan fingerprint density at radius 3 is 1.17 bits per heavy atom. The van der Waals surface area contributed by atoms with E-state index in [1.54, 1.807) is 111 Å². The molecule has 18 nitrogen and oxygen atoms in total. The first-order valence-corrected chi connectivity index (χ1v) is 18.1. The van der Waals surface area contributed by atoms with Crippen LogP contribution in [0.15, 0.2) is 48.5 Å². The Balaban J connectivity index is -0.000000346. The zero-order valence-electron chi connectivity index (χ0n) is 37.1. The van der Waals surface area contributed by atoms with E-state index in [4.69, 9.17) is 50.1 Å². The summed E-state index contributed by atoms with van der Waals surface area (Å²) < 4.78 is 23.7. The average molecular weight is 864 g/mol. The molecule has 334 valence electrons. The van der Waals surface area contributed by atoms with E-state index in [0.717, 1.165) is 24.0 Å². The molecular formula is C41H62NNaO17. The molecule has 0 aromatic heterocycles. The maximum atomic E-state index is 11.5. The van der Waals surface area contributed by atoms with Gasteiger partial charge in [0.2, 0.25) is 0 Å². The molecule has 0 aliphatic heterocycles. The van der Waals surface area contributed by atoms with Crippen molar-refractivity contribution < 1.29 is 112 Å². The maximum absolute atomic E-state index is 11.5. The van der Waals surface area contributed by atoms with Crippen LogP contribution in [0.2, 0.25) is 0 Å². The summed E-state index contributed by atoms with van der Waals surface area (Å²) in [7, 11) is 0. The Hall–Kier alpha value is -4.59. The molecule has 0 fully saturated rings. The molecule has 0 unspecified atom stereocenters. The number of ether oxygens (including phenoxy) is 5. The first kappa shape index (κ1) is 62.1. The van der Waals surface area contributed by atoms with Gasteiger partial charge in [-0.3, -0.25) is 9.59 Å². The van der Waals surface area contributed by atoms with E-state index in [0.29, 0.717) is 24.9 Å². The summed E-state index contributed by atoms with van der Waals surface area (Å²) in [5.41, 5.74) is 5.70. The van der Waals surface area contributed by atoms with Crippen molar-refractivity contribution in [3.8, 4) is 0 Å². The molecule has 5 N–H and O–H groups in total. The van der Waals surface area contributed by atoms with Gasteiger partial charge >= 0.3 is 65.7 Å². The van der Waals surface area contributed by atoms with E-state index >= 15 is 0 Å². The van der Waals surface area contributed by atoms with Crippen molar-refractivity contribution >= 4 is 42.7 Å². The van der Waals surface area contributed by atoms with Crippen LogP contribution in [0.4, 0.5) is 9.59 Å². The van der Waals surface area contributed by atoms with E-state index < -0.39 is 59.2 Å². The van der Waals surface area contributed by atoms with Crippen LogP contribution in [0.1, 0.15) is 128 Å². The molecule has 0 heterocycles. The first-order chi connectivity index (χ1) is 26.9. The number of carboxylic acid groups (broad SMARTS) is 2. The monoisotopic (exact) mass is 863 g/mol. The second kappa shape index (κ2) is 31.3. The number of carbonyl (C=O) groups excluding carboxylic acids is 5. The normalized spacial score (nSPS) is 10.4. The summed E-state index contributed by atoms with van der Waals surface area (Å²) in [5.74, 6) is -2.60. The summed E-state index contributed by atoms with van der Waals surface area (Å²) in [6.07, 6.45) is 0.478. The van der Waals surface area contributed by atoms with Crippen LogP contribution < -0.4 is 40.5 Å². The van der Waals surface area contributed by atoms with Gasteiger partial charge in [0, 0.05) is 6.42 Å². The number of carbonyl (C=O) groups is 7. The number of esters is 2. The summed E-state index contributed by atoms with van der Waals surface area (Å²) in [6, 6.07) is 13.5. The Kier molecular flexibility index (Phi) is 32.4. The number of carboxylic acids is 2. The van der Waals surface area contributed by atoms with Gasteiger partial charge in [0.1, 0.15) is 29.0 Å². The van der Waals surface area contributed by atoms with Crippen LogP contribution >= 0.6 is 0 Å². The van der Waals surface area contributed by atoms with Crippen LogP contribution in [0.25, 0.3) is 0 Å². The molecule has 0 bridgehead atoms. The molecule has 2 rings (SSSR count). The van der Waals surface area contributed by atoms with Crippen molar-refractivity contribution in [2.75, 3.05) is 13.2 Å². The molecule has 2 aromatic rings. The smallest absolute Gasteiger partial charge is 0.662 e. The number of rotatable bonds is 10. The van der Waals surface area contributed by atoms with Crippen molar-refractivity contribution in [2.45, 2.75) is 131 Å². The van der Waals surface area contributed by atoms with Crippen molar-refractivity contribution in [3.63, 3.8) is 0 Å². The van der Waals surface area contributed by atoms with Gasteiger partial charge < -0.3 is 54.9 Å². The van der Waals surface area contributed by atoms with Crippen molar-refractivity contribution in [1.29, 1.82) is 0 Å². The van der Waals surface area contributed by atoms with Gasteiger partial charge in [0.25, 0.3) is 6.47 Å². The predicted molar refractivity (Wildman–Crippen MR) is 212 cm³/mol. The molecule has 0 saturated heterocycles. The largest absolute Gasteiger partial charge is 1.00 e. The van der Waals surface area contributed by atoms with Gasteiger partial charge in [-0.2, -0.15) is 0 Å². The van der Waals surface area contributed by atoms with Gasteiger partial charge in [-0.25, -0.2) is 24.0 Å². The fraction of sp³-hybridized carbons (Fsp3) is 0.537.